The molecule has 0 spiro atoms. The van der Waals surface area contributed by atoms with E-state index >= 15 is 0 Å². The Hall–Kier alpha value is -0.790. The van der Waals surface area contributed by atoms with Crippen molar-refractivity contribution in [3.63, 3.8) is 0 Å². The van der Waals surface area contributed by atoms with Crippen LogP contribution in [0.2, 0.25) is 0 Å². The van der Waals surface area contributed by atoms with Crippen molar-refractivity contribution in [2.75, 3.05) is 0 Å². The van der Waals surface area contributed by atoms with Crippen LogP contribution in [0.3, 0.4) is 0 Å². The van der Waals surface area contributed by atoms with E-state index in [-0.39, 0.29) is 11.6 Å². The molecule has 3 aliphatic carbocycles. The van der Waals surface area contributed by atoms with E-state index in [9.17, 15) is 4.79 Å². The van der Waals surface area contributed by atoms with Crippen LogP contribution in [-0.2, 0) is 9.53 Å². The molecule has 0 radical (unpaired) electrons. The summed E-state index contributed by atoms with van der Waals surface area (Å²) in [5.74, 6) is 4.80. The summed E-state index contributed by atoms with van der Waals surface area (Å²) < 4.78 is 5.81. The fourth-order valence-corrected chi connectivity index (χ4v) is 5.62. The number of fused-ring (bicyclic) bond motifs is 5. The summed E-state index contributed by atoms with van der Waals surface area (Å²) >= 11 is 0. The van der Waals surface area contributed by atoms with Crippen molar-refractivity contribution in [2.24, 2.45) is 35.5 Å². The van der Waals surface area contributed by atoms with Crippen LogP contribution >= 0.6 is 0 Å². The van der Waals surface area contributed by atoms with Crippen LogP contribution in [0.5, 0.6) is 0 Å². The molecule has 7 atom stereocenters. The highest BCUT2D eigenvalue weighted by molar-refractivity contribution is 5.87. The second kappa shape index (κ2) is 4.61. The maximum atomic E-state index is 11.9. The lowest BCUT2D eigenvalue weighted by Crippen LogP contribution is -2.39. The SMILES string of the molecule is C=C(C)C(=O)OC1(C)CC2CC(C1)C1C(C)C(C)CC21. The number of hydrogen-bond acceptors (Lipinski definition) is 2. The third kappa shape index (κ3) is 2.12. The minimum absolute atomic E-state index is 0.208. The average molecular weight is 276 g/mol. The third-order valence-electron chi connectivity index (χ3n) is 6.47. The Morgan fingerprint density at radius 2 is 1.85 bits per heavy atom. The Morgan fingerprint density at radius 1 is 1.20 bits per heavy atom. The number of carbonyl (C=O) groups excluding carboxylic acids is 1. The molecule has 7 unspecified atom stereocenters. The Kier molecular flexibility index (Phi) is 3.26. The fourth-order valence-electron chi connectivity index (χ4n) is 5.62. The van der Waals surface area contributed by atoms with Crippen molar-refractivity contribution in [2.45, 2.75) is 59.0 Å². The molecule has 0 aromatic carbocycles. The number of esters is 1. The standard InChI is InChI=1S/C18H28O2/c1-10(2)17(19)20-18(5)8-13-7-14(9-18)16-12(4)11(3)6-15(13)16/h11-16H,1,6-9H2,2-5H3. The molecular formula is C18H28O2. The van der Waals surface area contributed by atoms with E-state index in [1.54, 1.807) is 6.92 Å². The van der Waals surface area contributed by atoms with Gasteiger partial charge in [-0.15, -0.1) is 0 Å². The van der Waals surface area contributed by atoms with Crippen LogP contribution in [0.25, 0.3) is 0 Å². The van der Waals surface area contributed by atoms with Gasteiger partial charge >= 0.3 is 5.97 Å². The summed E-state index contributed by atoms with van der Waals surface area (Å²) in [5, 5.41) is 0. The van der Waals surface area contributed by atoms with E-state index in [1.165, 1.54) is 12.8 Å². The summed E-state index contributed by atoms with van der Waals surface area (Å²) in [5.41, 5.74) is 0.267. The van der Waals surface area contributed by atoms with E-state index in [0.717, 1.165) is 48.3 Å². The predicted molar refractivity (Wildman–Crippen MR) is 80.1 cm³/mol. The molecule has 0 N–H and O–H groups in total. The van der Waals surface area contributed by atoms with E-state index in [1.807, 2.05) is 0 Å². The van der Waals surface area contributed by atoms with Gasteiger partial charge in [0.05, 0.1) is 0 Å². The van der Waals surface area contributed by atoms with Gasteiger partial charge in [-0.25, -0.2) is 4.79 Å². The molecule has 0 aromatic rings. The molecule has 3 saturated carbocycles. The van der Waals surface area contributed by atoms with Crippen LogP contribution in [0.4, 0.5) is 0 Å². The largest absolute Gasteiger partial charge is 0.456 e. The summed E-state index contributed by atoms with van der Waals surface area (Å²) in [6, 6.07) is 0. The zero-order valence-corrected chi connectivity index (χ0v) is 13.3. The lowest BCUT2D eigenvalue weighted by molar-refractivity contribution is -0.158. The van der Waals surface area contributed by atoms with Crippen LogP contribution in [0, 0.1) is 35.5 Å². The van der Waals surface area contributed by atoms with Crippen LogP contribution in [0.1, 0.15) is 53.4 Å². The molecule has 0 heterocycles. The van der Waals surface area contributed by atoms with Crippen molar-refractivity contribution >= 4 is 5.97 Å². The van der Waals surface area contributed by atoms with Crippen molar-refractivity contribution in [1.82, 2.24) is 0 Å². The highest BCUT2D eigenvalue weighted by Gasteiger charge is 2.57. The average Bonchev–Trinajstić information content (AvgIpc) is 2.77. The van der Waals surface area contributed by atoms with Crippen LogP contribution in [0.15, 0.2) is 12.2 Å². The van der Waals surface area contributed by atoms with E-state index < -0.39 is 0 Å². The lowest BCUT2D eigenvalue weighted by Gasteiger charge is -2.39. The van der Waals surface area contributed by atoms with Gasteiger partial charge in [-0.05, 0) is 75.0 Å². The van der Waals surface area contributed by atoms with Gasteiger partial charge in [-0.1, -0.05) is 20.4 Å². The summed E-state index contributed by atoms with van der Waals surface area (Å²) in [6.07, 6.45) is 4.87. The number of rotatable bonds is 2. The Morgan fingerprint density at radius 3 is 2.50 bits per heavy atom. The van der Waals surface area contributed by atoms with Crippen molar-refractivity contribution < 1.29 is 9.53 Å². The molecule has 3 rings (SSSR count). The van der Waals surface area contributed by atoms with Crippen LogP contribution in [-0.4, -0.2) is 11.6 Å². The molecule has 20 heavy (non-hydrogen) atoms. The molecule has 3 fully saturated rings. The Labute approximate surface area is 123 Å². The van der Waals surface area contributed by atoms with E-state index in [2.05, 4.69) is 27.4 Å². The van der Waals surface area contributed by atoms with Gasteiger partial charge in [0.25, 0.3) is 0 Å². The zero-order chi connectivity index (χ0) is 14.7. The molecule has 2 heteroatoms. The molecule has 2 nitrogen and oxygen atoms in total. The first-order valence-corrected chi connectivity index (χ1v) is 8.19. The van der Waals surface area contributed by atoms with Gasteiger partial charge in [-0.2, -0.15) is 0 Å². The first-order chi connectivity index (χ1) is 9.31. The van der Waals surface area contributed by atoms with Crippen molar-refractivity contribution in [3.05, 3.63) is 12.2 Å². The highest BCUT2D eigenvalue weighted by Crippen LogP contribution is 2.62. The first-order valence-electron chi connectivity index (χ1n) is 8.19. The topological polar surface area (TPSA) is 26.3 Å². The maximum absolute atomic E-state index is 11.9. The molecule has 0 aromatic heterocycles. The molecule has 2 bridgehead atoms. The van der Waals surface area contributed by atoms with E-state index in [0.29, 0.717) is 5.57 Å². The zero-order valence-electron chi connectivity index (χ0n) is 13.3. The normalized spacial score (nSPS) is 49.8. The second-order valence-corrected chi connectivity index (χ2v) is 8.10. The predicted octanol–water partition coefficient (Wildman–Crippen LogP) is 4.20. The van der Waals surface area contributed by atoms with Gasteiger partial charge in [0.2, 0.25) is 0 Å². The van der Waals surface area contributed by atoms with Crippen molar-refractivity contribution in [1.29, 1.82) is 0 Å². The number of hydrogen-bond donors (Lipinski definition) is 0. The van der Waals surface area contributed by atoms with Gasteiger partial charge in [-0.3, -0.25) is 0 Å². The summed E-state index contributed by atoms with van der Waals surface area (Å²) in [4.78, 5) is 11.9. The fraction of sp³-hybridized carbons (Fsp3) is 0.833. The molecule has 0 aliphatic heterocycles. The maximum Gasteiger partial charge on any atom is 0.333 e. The minimum atomic E-state index is -0.253. The summed E-state index contributed by atoms with van der Waals surface area (Å²) in [6.45, 7) is 12.4. The molecule has 0 amide bonds. The lowest BCUT2D eigenvalue weighted by atomic mass is 9.74. The molecule has 112 valence electrons. The van der Waals surface area contributed by atoms with Gasteiger partial charge in [0.1, 0.15) is 5.60 Å². The smallest absolute Gasteiger partial charge is 0.333 e. The number of carbonyl (C=O) groups is 1. The first kappa shape index (κ1) is 14.2. The molecule has 3 aliphatic rings. The Bertz CT molecular complexity index is 441. The van der Waals surface area contributed by atoms with Gasteiger partial charge < -0.3 is 4.74 Å². The van der Waals surface area contributed by atoms with Crippen molar-refractivity contribution in [3.8, 4) is 0 Å². The molecule has 0 saturated heterocycles. The second-order valence-electron chi connectivity index (χ2n) is 8.10. The quantitative estimate of drug-likeness (QED) is 0.558. The minimum Gasteiger partial charge on any atom is -0.456 e. The Balaban J connectivity index is 1.76. The number of ether oxygens (including phenoxy) is 1. The third-order valence-corrected chi connectivity index (χ3v) is 6.47. The molecular weight excluding hydrogens is 248 g/mol. The monoisotopic (exact) mass is 276 g/mol. The van der Waals surface area contributed by atoms with E-state index in [4.69, 9.17) is 4.74 Å². The summed E-state index contributed by atoms with van der Waals surface area (Å²) in [7, 11) is 0. The van der Waals surface area contributed by atoms with Gasteiger partial charge in [0.15, 0.2) is 0 Å². The van der Waals surface area contributed by atoms with Crippen LogP contribution < -0.4 is 0 Å². The highest BCUT2D eigenvalue weighted by atomic mass is 16.6. The van der Waals surface area contributed by atoms with Gasteiger partial charge in [0, 0.05) is 5.57 Å².